The molecule has 0 radical (unpaired) electrons. The van der Waals surface area contributed by atoms with Gasteiger partial charge < -0.3 is 9.67 Å². The van der Waals surface area contributed by atoms with E-state index in [-0.39, 0.29) is 5.69 Å². The van der Waals surface area contributed by atoms with Crippen LogP contribution in [-0.4, -0.2) is 20.6 Å². The molecule has 0 aliphatic carbocycles. The van der Waals surface area contributed by atoms with Crippen molar-refractivity contribution in [2.24, 2.45) is 0 Å². The van der Waals surface area contributed by atoms with Crippen LogP contribution in [0, 0.1) is 6.92 Å². The molecule has 0 aromatic carbocycles. The van der Waals surface area contributed by atoms with Crippen molar-refractivity contribution in [3.8, 4) is 0 Å². The molecular weight excluding hydrogens is 224 g/mol. The van der Waals surface area contributed by atoms with Crippen LogP contribution >= 0.6 is 11.3 Å². The van der Waals surface area contributed by atoms with Crippen LogP contribution in [0.5, 0.6) is 0 Å². The average molecular weight is 236 g/mol. The van der Waals surface area contributed by atoms with Gasteiger partial charge in [0.15, 0.2) is 0 Å². The van der Waals surface area contributed by atoms with Crippen molar-refractivity contribution >= 4 is 17.3 Å². The molecule has 0 aliphatic heterocycles. The number of imidazole rings is 1. The molecular formula is C11H12N2O2S. The fourth-order valence-electron chi connectivity index (χ4n) is 1.60. The summed E-state index contributed by atoms with van der Waals surface area (Å²) in [5.74, 6) is -0.180. The van der Waals surface area contributed by atoms with Crippen LogP contribution in [-0.2, 0) is 13.0 Å². The number of carboxylic acids is 1. The summed E-state index contributed by atoms with van der Waals surface area (Å²) in [5, 5.41) is 11.0. The molecule has 5 heteroatoms. The van der Waals surface area contributed by atoms with E-state index in [1.54, 1.807) is 15.9 Å². The van der Waals surface area contributed by atoms with E-state index in [4.69, 9.17) is 5.11 Å². The number of hydrogen-bond acceptors (Lipinski definition) is 3. The van der Waals surface area contributed by atoms with Gasteiger partial charge in [-0.3, -0.25) is 0 Å². The van der Waals surface area contributed by atoms with Gasteiger partial charge >= 0.3 is 5.97 Å². The second kappa shape index (κ2) is 4.49. The number of aryl methyl sites for hydroxylation is 2. The van der Waals surface area contributed by atoms with Crippen molar-refractivity contribution in [2.75, 3.05) is 0 Å². The first-order valence-electron chi connectivity index (χ1n) is 4.96. The van der Waals surface area contributed by atoms with Crippen molar-refractivity contribution in [1.82, 2.24) is 9.55 Å². The van der Waals surface area contributed by atoms with E-state index in [0.29, 0.717) is 6.54 Å². The highest BCUT2D eigenvalue weighted by molar-refractivity contribution is 7.09. The molecule has 0 unspecified atom stereocenters. The fraction of sp³-hybridized carbons (Fsp3) is 0.273. The number of nitrogens with zero attached hydrogens (tertiary/aromatic N) is 2. The Balaban J connectivity index is 2.14. The zero-order valence-electron chi connectivity index (χ0n) is 8.88. The molecule has 16 heavy (non-hydrogen) atoms. The molecule has 0 fully saturated rings. The lowest BCUT2D eigenvalue weighted by Crippen LogP contribution is -2.11. The van der Waals surface area contributed by atoms with Gasteiger partial charge in [0.2, 0.25) is 0 Å². The van der Waals surface area contributed by atoms with E-state index in [0.717, 1.165) is 12.2 Å². The van der Waals surface area contributed by atoms with Gasteiger partial charge in [-0.15, -0.1) is 11.3 Å². The SMILES string of the molecule is Cc1ncc(C(=O)O)n1CCc1cccs1. The molecule has 1 N–H and O–H groups in total. The molecule has 2 heterocycles. The first-order chi connectivity index (χ1) is 7.68. The van der Waals surface area contributed by atoms with Crippen molar-refractivity contribution < 1.29 is 9.90 Å². The van der Waals surface area contributed by atoms with Gasteiger partial charge in [-0.05, 0) is 24.8 Å². The highest BCUT2D eigenvalue weighted by atomic mass is 32.1. The van der Waals surface area contributed by atoms with Crippen LogP contribution in [0.15, 0.2) is 23.7 Å². The molecule has 0 amide bonds. The molecule has 0 saturated heterocycles. The minimum atomic E-state index is -0.924. The highest BCUT2D eigenvalue weighted by Crippen LogP contribution is 2.12. The lowest BCUT2D eigenvalue weighted by molar-refractivity contribution is 0.0684. The molecule has 2 rings (SSSR count). The number of hydrogen-bond donors (Lipinski definition) is 1. The van der Waals surface area contributed by atoms with Gasteiger partial charge in [0.25, 0.3) is 0 Å². The van der Waals surface area contributed by atoms with Crippen LogP contribution in [0.25, 0.3) is 0 Å². The average Bonchev–Trinajstić information content (AvgIpc) is 2.84. The van der Waals surface area contributed by atoms with Gasteiger partial charge in [-0.25, -0.2) is 9.78 Å². The first kappa shape index (κ1) is 10.9. The van der Waals surface area contributed by atoms with Gasteiger partial charge in [0.1, 0.15) is 11.5 Å². The Morgan fingerprint density at radius 2 is 2.44 bits per heavy atom. The maximum absolute atomic E-state index is 10.9. The monoisotopic (exact) mass is 236 g/mol. The Hall–Kier alpha value is -1.62. The van der Waals surface area contributed by atoms with Crippen LogP contribution in [0.3, 0.4) is 0 Å². The van der Waals surface area contributed by atoms with Crippen molar-refractivity contribution in [1.29, 1.82) is 0 Å². The molecule has 84 valence electrons. The predicted molar refractivity (Wildman–Crippen MR) is 61.9 cm³/mol. The molecule has 0 spiro atoms. The summed E-state index contributed by atoms with van der Waals surface area (Å²) >= 11 is 1.68. The van der Waals surface area contributed by atoms with Gasteiger partial charge in [0.05, 0.1) is 6.20 Å². The van der Waals surface area contributed by atoms with E-state index in [9.17, 15) is 4.79 Å². The summed E-state index contributed by atoms with van der Waals surface area (Å²) in [5.41, 5.74) is 0.258. The number of aromatic carboxylic acids is 1. The third-order valence-electron chi connectivity index (χ3n) is 2.44. The zero-order chi connectivity index (χ0) is 11.5. The summed E-state index contributed by atoms with van der Waals surface area (Å²) in [6, 6.07) is 4.05. The Bertz CT molecular complexity index is 488. The largest absolute Gasteiger partial charge is 0.477 e. The molecule has 4 nitrogen and oxygen atoms in total. The van der Waals surface area contributed by atoms with E-state index in [2.05, 4.69) is 11.1 Å². The molecule has 0 bridgehead atoms. The van der Waals surface area contributed by atoms with Gasteiger partial charge in [-0.2, -0.15) is 0 Å². The second-order valence-corrected chi connectivity index (χ2v) is 4.51. The van der Waals surface area contributed by atoms with Crippen molar-refractivity contribution in [3.63, 3.8) is 0 Å². The molecule has 0 saturated carbocycles. The number of aromatic nitrogens is 2. The highest BCUT2D eigenvalue weighted by Gasteiger charge is 2.12. The summed E-state index contributed by atoms with van der Waals surface area (Å²) in [6.07, 6.45) is 2.25. The number of carboxylic acid groups (broad SMARTS) is 1. The van der Waals surface area contributed by atoms with E-state index in [1.165, 1.54) is 11.1 Å². The minimum Gasteiger partial charge on any atom is -0.477 e. The molecule has 0 aliphatic rings. The smallest absolute Gasteiger partial charge is 0.354 e. The zero-order valence-corrected chi connectivity index (χ0v) is 9.70. The van der Waals surface area contributed by atoms with Crippen LogP contribution in [0.4, 0.5) is 0 Å². The number of rotatable bonds is 4. The first-order valence-corrected chi connectivity index (χ1v) is 5.84. The van der Waals surface area contributed by atoms with Crippen molar-refractivity contribution in [3.05, 3.63) is 40.1 Å². The van der Waals surface area contributed by atoms with Crippen LogP contribution in [0.2, 0.25) is 0 Å². The maximum atomic E-state index is 10.9. The Morgan fingerprint density at radius 3 is 3.06 bits per heavy atom. The summed E-state index contributed by atoms with van der Waals surface area (Å²) < 4.78 is 1.74. The quantitative estimate of drug-likeness (QED) is 0.885. The third kappa shape index (κ3) is 2.14. The molecule has 0 atom stereocenters. The lowest BCUT2D eigenvalue weighted by atomic mass is 10.3. The van der Waals surface area contributed by atoms with E-state index < -0.39 is 5.97 Å². The van der Waals surface area contributed by atoms with Gasteiger partial charge in [0, 0.05) is 11.4 Å². The predicted octanol–water partition coefficient (Wildman–Crippen LogP) is 2.19. The van der Waals surface area contributed by atoms with Crippen LogP contribution in [0.1, 0.15) is 21.2 Å². The number of carbonyl (C=O) groups is 1. The lowest BCUT2D eigenvalue weighted by Gasteiger charge is -2.06. The Morgan fingerprint density at radius 1 is 1.62 bits per heavy atom. The maximum Gasteiger partial charge on any atom is 0.354 e. The van der Waals surface area contributed by atoms with E-state index in [1.807, 2.05) is 18.4 Å². The van der Waals surface area contributed by atoms with Crippen LogP contribution < -0.4 is 0 Å². The summed E-state index contributed by atoms with van der Waals surface area (Å²) in [6.45, 7) is 2.48. The van der Waals surface area contributed by atoms with Crippen molar-refractivity contribution in [2.45, 2.75) is 19.9 Å². The molecule has 2 aromatic heterocycles. The summed E-state index contributed by atoms with van der Waals surface area (Å²) in [7, 11) is 0. The standard InChI is InChI=1S/C11H12N2O2S/c1-8-12-7-10(11(14)15)13(8)5-4-9-3-2-6-16-9/h2-3,6-7H,4-5H2,1H3,(H,14,15). The van der Waals surface area contributed by atoms with E-state index >= 15 is 0 Å². The minimum absolute atomic E-state index is 0.258. The number of thiophene rings is 1. The second-order valence-electron chi connectivity index (χ2n) is 3.48. The Labute approximate surface area is 97.2 Å². The molecule has 2 aromatic rings. The fourth-order valence-corrected chi connectivity index (χ4v) is 2.30. The van der Waals surface area contributed by atoms with Gasteiger partial charge in [-0.1, -0.05) is 6.07 Å². The topological polar surface area (TPSA) is 55.1 Å². The Kier molecular flexibility index (Phi) is 3.05. The third-order valence-corrected chi connectivity index (χ3v) is 3.37. The normalized spacial score (nSPS) is 10.6. The summed E-state index contributed by atoms with van der Waals surface area (Å²) in [4.78, 5) is 16.2.